The average molecular weight is 445 g/mol. The summed E-state index contributed by atoms with van der Waals surface area (Å²) in [6.07, 6.45) is 3.26. The van der Waals surface area contributed by atoms with Crippen LogP contribution in [-0.4, -0.2) is 34.1 Å². The summed E-state index contributed by atoms with van der Waals surface area (Å²) in [7, 11) is -3.66. The van der Waals surface area contributed by atoms with Gasteiger partial charge in [-0.25, -0.2) is 18.5 Å². The van der Waals surface area contributed by atoms with Crippen molar-refractivity contribution in [2.45, 2.75) is 44.6 Å². The molecule has 0 unspecified atom stereocenters. The van der Waals surface area contributed by atoms with E-state index in [1.54, 1.807) is 12.1 Å². The molecule has 0 aliphatic heterocycles. The maximum Gasteiger partial charge on any atom is 0.238 e. The van der Waals surface area contributed by atoms with Crippen molar-refractivity contribution in [2.75, 3.05) is 19.7 Å². The first-order valence-corrected chi connectivity index (χ1v) is 12.3. The van der Waals surface area contributed by atoms with Crippen LogP contribution in [-0.2, 0) is 23.0 Å². The molecule has 2 aromatic rings. The van der Waals surface area contributed by atoms with Gasteiger partial charge in [0.1, 0.15) is 5.75 Å². The molecule has 1 aliphatic rings. The third-order valence-corrected chi connectivity index (χ3v) is 6.03. The molecular weight excluding hydrogens is 412 g/mol. The van der Waals surface area contributed by atoms with Gasteiger partial charge >= 0.3 is 0 Å². The normalized spacial score (nSPS) is 14.4. The third-order valence-electron chi connectivity index (χ3n) is 5.10. The monoisotopic (exact) mass is 444 g/mol. The highest BCUT2D eigenvalue weighted by Gasteiger charge is 2.22. The van der Waals surface area contributed by atoms with Gasteiger partial charge in [0.15, 0.2) is 5.96 Å². The Morgan fingerprint density at radius 2 is 1.90 bits per heavy atom. The van der Waals surface area contributed by atoms with E-state index >= 15 is 0 Å². The Morgan fingerprint density at radius 3 is 2.55 bits per heavy atom. The van der Waals surface area contributed by atoms with Gasteiger partial charge in [0.25, 0.3) is 0 Å². The predicted molar refractivity (Wildman–Crippen MR) is 124 cm³/mol. The second kappa shape index (κ2) is 10.6. The van der Waals surface area contributed by atoms with Crippen LogP contribution in [0.15, 0.2) is 52.4 Å². The standard InChI is InChI=1S/C23H32N4O3S/c1-3-25-23(26-13-12-18-7-10-21(11-8-18)31(24,28)29)27-15-20-9-4-17(2)14-22(20)30-16-19-5-6-19/h4,7-11,14,19H,3,5-6,12-13,15-16H2,1-2H3,(H2,24,28,29)(H2,25,26,27). The molecule has 0 amide bonds. The van der Waals surface area contributed by atoms with E-state index in [1.165, 1.54) is 30.5 Å². The van der Waals surface area contributed by atoms with Crippen LogP contribution >= 0.6 is 0 Å². The van der Waals surface area contributed by atoms with Crippen LogP contribution < -0.4 is 20.5 Å². The lowest BCUT2D eigenvalue weighted by atomic mass is 10.1. The highest BCUT2D eigenvalue weighted by molar-refractivity contribution is 7.89. The highest BCUT2D eigenvalue weighted by Crippen LogP contribution is 2.31. The molecule has 0 saturated heterocycles. The van der Waals surface area contributed by atoms with E-state index in [0.717, 1.165) is 42.4 Å². The molecule has 0 atom stereocenters. The van der Waals surface area contributed by atoms with Gasteiger partial charge in [-0.2, -0.15) is 0 Å². The molecule has 0 spiro atoms. The molecular formula is C23H32N4O3S. The zero-order valence-electron chi connectivity index (χ0n) is 18.2. The van der Waals surface area contributed by atoms with E-state index in [0.29, 0.717) is 19.0 Å². The first-order chi connectivity index (χ1) is 14.8. The molecule has 3 rings (SSSR count). The number of nitrogens with one attached hydrogen (secondary N) is 2. The fourth-order valence-electron chi connectivity index (χ4n) is 3.10. The van der Waals surface area contributed by atoms with Crippen molar-refractivity contribution < 1.29 is 13.2 Å². The fourth-order valence-corrected chi connectivity index (χ4v) is 3.61. The van der Waals surface area contributed by atoms with Gasteiger partial charge < -0.3 is 15.4 Å². The van der Waals surface area contributed by atoms with Crippen LogP contribution in [0.5, 0.6) is 5.75 Å². The van der Waals surface area contributed by atoms with Crippen molar-refractivity contribution in [1.29, 1.82) is 0 Å². The molecule has 2 aromatic carbocycles. The van der Waals surface area contributed by atoms with Gasteiger partial charge in [0.2, 0.25) is 10.0 Å². The lowest BCUT2D eigenvalue weighted by Gasteiger charge is -2.14. The number of hydrogen-bond donors (Lipinski definition) is 3. The zero-order valence-corrected chi connectivity index (χ0v) is 19.0. The van der Waals surface area contributed by atoms with Crippen molar-refractivity contribution in [1.82, 2.24) is 10.6 Å². The third kappa shape index (κ3) is 7.56. The molecule has 0 aromatic heterocycles. The minimum atomic E-state index is -3.66. The number of hydrogen-bond acceptors (Lipinski definition) is 4. The maximum absolute atomic E-state index is 11.4. The summed E-state index contributed by atoms with van der Waals surface area (Å²) in [5.74, 6) is 2.36. The van der Waals surface area contributed by atoms with Crippen LogP contribution in [0.25, 0.3) is 0 Å². The molecule has 0 bridgehead atoms. The Morgan fingerprint density at radius 1 is 1.16 bits per heavy atom. The smallest absolute Gasteiger partial charge is 0.238 e. The summed E-state index contributed by atoms with van der Waals surface area (Å²) in [6.45, 7) is 6.83. The van der Waals surface area contributed by atoms with Gasteiger partial charge in [-0.15, -0.1) is 0 Å². The average Bonchev–Trinajstić information content (AvgIpc) is 3.55. The lowest BCUT2D eigenvalue weighted by Crippen LogP contribution is -2.38. The van der Waals surface area contributed by atoms with Crippen molar-refractivity contribution in [2.24, 2.45) is 16.0 Å². The summed E-state index contributed by atoms with van der Waals surface area (Å²) in [4.78, 5) is 4.84. The molecule has 1 saturated carbocycles. The Hall–Kier alpha value is -2.58. The Kier molecular flexibility index (Phi) is 7.92. The number of guanidine groups is 1. The summed E-state index contributed by atoms with van der Waals surface area (Å²) in [5, 5.41) is 11.7. The van der Waals surface area contributed by atoms with E-state index in [9.17, 15) is 8.42 Å². The lowest BCUT2D eigenvalue weighted by molar-refractivity contribution is 0.296. The van der Waals surface area contributed by atoms with Gasteiger partial charge in [0, 0.05) is 18.7 Å². The van der Waals surface area contributed by atoms with Crippen LogP contribution in [0.3, 0.4) is 0 Å². The molecule has 4 N–H and O–H groups in total. The first kappa shape index (κ1) is 23.1. The first-order valence-electron chi connectivity index (χ1n) is 10.7. The molecule has 0 heterocycles. The number of benzene rings is 2. The summed E-state index contributed by atoms with van der Waals surface area (Å²) >= 11 is 0. The number of primary sulfonamides is 1. The topological polar surface area (TPSA) is 106 Å². The van der Waals surface area contributed by atoms with E-state index in [2.05, 4.69) is 35.8 Å². The van der Waals surface area contributed by atoms with Crippen LogP contribution in [0.4, 0.5) is 0 Å². The van der Waals surface area contributed by atoms with E-state index in [4.69, 9.17) is 14.9 Å². The van der Waals surface area contributed by atoms with Gasteiger partial charge in [-0.3, -0.25) is 0 Å². The van der Waals surface area contributed by atoms with Gasteiger partial charge in [-0.05, 0) is 68.4 Å². The molecule has 31 heavy (non-hydrogen) atoms. The van der Waals surface area contributed by atoms with Gasteiger partial charge in [-0.1, -0.05) is 24.3 Å². The predicted octanol–water partition coefficient (Wildman–Crippen LogP) is 2.73. The molecule has 0 radical (unpaired) electrons. The minimum Gasteiger partial charge on any atom is -0.493 e. The van der Waals surface area contributed by atoms with Crippen LogP contribution in [0.2, 0.25) is 0 Å². The Balaban J connectivity index is 1.57. The van der Waals surface area contributed by atoms with Crippen LogP contribution in [0, 0.1) is 12.8 Å². The number of aliphatic imine (C=N–C) groups is 1. The largest absolute Gasteiger partial charge is 0.493 e. The molecule has 7 nitrogen and oxygen atoms in total. The SMILES string of the molecule is CCNC(=NCc1ccc(C)cc1OCC1CC1)NCCc1ccc(S(N)(=O)=O)cc1. The summed E-state index contributed by atoms with van der Waals surface area (Å²) < 4.78 is 28.8. The van der Waals surface area contributed by atoms with E-state index in [1.807, 2.05) is 6.92 Å². The van der Waals surface area contributed by atoms with E-state index in [-0.39, 0.29) is 4.90 Å². The maximum atomic E-state index is 11.4. The fraction of sp³-hybridized carbons (Fsp3) is 0.435. The second-order valence-corrected chi connectivity index (χ2v) is 9.49. The van der Waals surface area contributed by atoms with Crippen molar-refractivity contribution in [3.63, 3.8) is 0 Å². The van der Waals surface area contributed by atoms with Crippen LogP contribution in [0.1, 0.15) is 36.5 Å². The second-order valence-electron chi connectivity index (χ2n) is 7.93. The van der Waals surface area contributed by atoms with Crippen molar-refractivity contribution in [3.8, 4) is 5.75 Å². The Bertz CT molecular complexity index is 1000. The van der Waals surface area contributed by atoms with Gasteiger partial charge in [0.05, 0.1) is 18.0 Å². The molecule has 8 heteroatoms. The minimum absolute atomic E-state index is 0.122. The zero-order chi connectivity index (χ0) is 22.3. The molecule has 168 valence electrons. The van der Waals surface area contributed by atoms with E-state index < -0.39 is 10.0 Å². The number of aryl methyl sites for hydroxylation is 1. The number of nitrogens with zero attached hydrogens (tertiary/aromatic N) is 1. The number of rotatable bonds is 10. The quantitative estimate of drug-likeness (QED) is 0.386. The summed E-state index contributed by atoms with van der Waals surface area (Å²) in [5.41, 5.74) is 3.27. The highest BCUT2D eigenvalue weighted by atomic mass is 32.2. The number of ether oxygens (including phenoxy) is 1. The molecule has 1 fully saturated rings. The summed E-state index contributed by atoms with van der Waals surface area (Å²) in [6, 6.07) is 12.9. The Labute approximate surface area is 185 Å². The number of sulfonamides is 1. The molecule has 1 aliphatic carbocycles. The van der Waals surface area contributed by atoms with Crippen molar-refractivity contribution >= 4 is 16.0 Å². The number of nitrogens with two attached hydrogens (primary N) is 1. The van der Waals surface area contributed by atoms with Crippen molar-refractivity contribution in [3.05, 3.63) is 59.2 Å².